The number of benzene rings is 2. The Morgan fingerprint density at radius 1 is 1.00 bits per heavy atom. The Bertz CT molecular complexity index is 1120. The Hall–Kier alpha value is -4.03. The fraction of sp³-hybridized carbons (Fsp3) is 0.200. The molecular formula is C25H20FNO4. The van der Waals surface area contributed by atoms with Crippen molar-refractivity contribution >= 4 is 17.6 Å². The number of carbonyl (C=O) groups is 2. The zero-order valence-corrected chi connectivity index (χ0v) is 16.7. The number of esters is 1. The van der Waals surface area contributed by atoms with Crippen molar-refractivity contribution in [3.05, 3.63) is 59.4 Å². The molecule has 2 aromatic rings. The molecule has 1 N–H and O–H groups in total. The molecule has 0 aromatic heterocycles. The first-order valence-electron chi connectivity index (χ1n) is 9.63. The van der Waals surface area contributed by atoms with Crippen LogP contribution >= 0.6 is 0 Å². The predicted molar refractivity (Wildman–Crippen MR) is 115 cm³/mol. The molecule has 0 fully saturated rings. The van der Waals surface area contributed by atoms with Crippen molar-refractivity contribution in [2.75, 3.05) is 18.5 Å². The highest BCUT2D eigenvalue weighted by atomic mass is 19.1. The summed E-state index contributed by atoms with van der Waals surface area (Å²) in [5.74, 6) is 3.44. The van der Waals surface area contributed by atoms with E-state index in [0.29, 0.717) is 36.1 Å². The zero-order chi connectivity index (χ0) is 22.2. The van der Waals surface area contributed by atoms with Gasteiger partial charge in [0.1, 0.15) is 18.2 Å². The van der Waals surface area contributed by atoms with Crippen LogP contribution in [0.1, 0.15) is 19.3 Å². The minimum atomic E-state index is -0.608. The second kappa shape index (κ2) is 10.1. The molecule has 1 aliphatic rings. The topological polar surface area (TPSA) is 64.6 Å². The largest absolute Gasteiger partial charge is 0.481 e. The van der Waals surface area contributed by atoms with Crippen LogP contribution in [0.15, 0.2) is 53.6 Å². The predicted octanol–water partition coefficient (Wildman–Crippen LogP) is 4.10. The molecule has 156 valence electrons. The number of halogens is 1. The summed E-state index contributed by atoms with van der Waals surface area (Å²) in [6, 6.07) is 11.6. The van der Waals surface area contributed by atoms with Gasteiger partial charge in [-0.05, 0) is 54.7 Å². The number of nitrogens with one attached hydrogen (secondary N) is 1. The van der Waals surface area contributed by atoms with Gasteiger partial charge in [-0.2, -0.15) is 0 Å². The van der Waals surface area contributed by atoms with E-state index in [9.17, 15) is 14.0 Å². The summed E-state index contributed by atoms with van der Waals surface area (Å²) in [6.07, 6.45) is 11.8. The van der Waals surface area contributed by atoms with Crippen molar-refractivity contribution in [3.63, 3.8) is 0 Å². The Morgan fingerprint density at radius 3 is 2.48 bits per heavy atom. The molecule has 0 saturated carbocycles. The van der Waals surface area contributed by atoms with Crippen LogP contribution in [0.2, 0.25) is 0 Å². The minimum absolute atomic E-state index is 0.0178. The average Bonchev–Trinajstić information content (AvgIpc) is 3.28. The van der Waals surface area contributed by atoms with E-state index in [0.717, 1.165) is 5.56 Å². The number of rotatable bonds is 7. The van der Waals surface area contributed by atoms with Gasteiger partial charge in [-0.25, -0.2) is 9.18 Å². The van der Waals surface area contributed by atoms with E-state index in [-0.39, 0.29) is 24.5 Å². The van der Waals surface area contributed by atoms with E-state index in [1.807, 2.05) is 6.07 Å². The fourth-order valence-electron chi connectivity index (χ4n) is 3.30. The van der Waals surface area contributed by atoms with Crippen LogP contribution in [0, 0.1) is 30.5 Å². The summed E-state index contributed by atoms with van der Waals surface area (Å²) in [4.78, 5) is 24.7. The van der Waals surface area contributed by atoms with Crippen molar-refractivity contribution < 1.29 is 23.5 Å². The summed E-state index contributed by atoms with van der Waals surface area (Å²) in [5.41, 5.74) is 1.95. The third kappa shape index (κ3) is 5.32. The highest BCUT2D eigenvalue weighted by molar-refractivity contribution is 6.09. The van der Waals surface area contributed by atoms with E-state index in [2.05, 4.69) is 17.2 Å². The van der Waals surface area contributed by atoms with Crippen LogP contribution in [0.25, 0.3) is 11.1 Å². The van der Waals surface area contributed by atoms with Gasteiger partial charge in [-0.3, -0.25) is 4.79 Å². The smallest absolute Gasteiger partial charge is 0.335 e. The Kier molecular flexibility index (Phi) is 7.09. The second-order valence-electron chi connectivity index (χ2n) is 6.76. The maximum absolute atomic E-state index is 14.7. The number of amides is 1. The molecule has 0 heterocycles. The van der Waals surface area contributed by atoms with Gasteiger partial charge in [0.05, 0.1) is 5.69 Å². The summed E-state index contributed by atoms with van der Waals surface area (Å²) >= 11 is 0. The third-order valence-corrected chi connectivity index (χ3v) is 4.73. The lowest BCUT2D eigenvalue weighted by Gasteiger charge is -2.11. The lowest BCUT2D eigenvalue weighted by atomic mass is 10.0. The van der Waals surface area contributed by atoms with Crippen molar-refractivity contribution in [3.8, 4) is 41.6 Å². The van der Waals surface area contributed by atoms with Crippen LogP contribution in [-0.4, -0.2) is 25.1 Å². The van der Waals surface area contributed by atoms with Crippen molar-refractivity contribution in [2.24, 2.45) is 0 Å². The quantitative estimate of drug-likeness (QED) is 0.544. The summed E-state index contributed by atoms with van der Waals surface area (Å²) in [7, 11) is 0. The lowest BCUT2D eigenvalue weighted by molar-refractivity contribution is -0.138. The molecule has 0 unspecified atom stereocenters. The maximum Gasteiger partial charge on any atom is 0.335 e. The van der Waals surface area contributed by atoms with Crippen LogP contribution in [0.3, 0.4) is 0 Å². The van der Waals surface area contributed by atoms with Crippen LogP contribution < -0.4 is 10.1 Å². The molecule has 3 rings (SSSR count). The molecule has 1 amide bonds. The number of anilines is 1. The van der Waals surface area contributed by atoms with Crippen molar-refractivity contribution in [2.45, 2.75) is 19.3 Å². The number of hydrogen-bond donors (Lipinski definition) is 1. The Balaban J connectivity index is 1.76. The van der Waals surface area contributed by atoms with Gasteiger partial charge in [-0.1, -0.05) is 30.0 Å². The van der Waals surface area contributed by atoms with Gasteiger partial charge in [-0.15, -0.1) is 12.8 Å². The van der Waals surface area contributed by atoms with Crippen LogP contribution in [0.5, 0.6) is 5.75 Å². The van der Waals surface area contributed by atoms with E-state index in [1.165, 1.54) is 12.1 Å². The Labute approximate surface area is 180 Å². The molecule has 5 nitrogen and oxygen atoms in total. The van der Waals surface area contributed by atoms with Crippen LogP contribution in [0.4, 0.5) is 10.1 Å². The van der Waals surface area contributed by atoms with E-state index in [1.54, 1.807) is 24.3 Å². The molecule has 0 radical (unpaired) electrons. The molecule has 0 bridgehead atoms. The number of ether oxygens (including phenoxy) is 2. The van der Waals surface area contributed by atoms with Crippen molar-refractivity contribution in [1.29, 1.82) is 0 Å². The SMILES string of the molecule is C#CCOC(=O)C1=C(C(=O)Nc2ccc(-c3cccc(OCC#C)c3)cc2F)CCC1. The van der Waals surface area contributed by atoms with Gasteiger partial charge < -0.3 is 14.8 Å². The van der Waals surface area contributed by atoms with Crippen molar-refractivity contribution in [1.82, 2.24) is 0 Å². The van der Waals surface area contributed by atoms with Gasteiger partial charge in [0.25, 0.3) is 5.91 Å². The molecule has 31 heavy (non-hydrogen) atoms. The highest BCUT2D eigenvalue weighted by Gasteiger charge is 2.27. The summed E-state index contributed by atoms with van der Waals surface area (Å²) < 4.78 is 25.0. The molecule has 0 spiro atoms. The van der Waals surface area contributed by atoms with E-state index < -0.39 is 17.7 Å². The minimum Gasteiger partial charge on any atom is -0.481 e. The normalized spacial score (nSPS) is 12.6. The number of carbonyl (C=O) groups excluding carboxylic acids is 2. The molecule has 0 saturated heterocycles. The molecule has 6 heteroatoms. The Morgan fingerprint density at radius 2 is 1.74 bits per heavy atom. The fourth-order valence-corrected chi connectivity index (χ4v) is 3.30. The first kappa shape index (κ1) is 21.7. The first-order chi connectivity index (χ1) is 15.0. The molecular weight excluding hydrogens is 397 g/mol. The molecule has 1 aliphatic carbocycles. The molecule has 2 aromatic carbocycles. The summed E-state index contributed by atoms with van der Waals surface area (Å²) in [6.45, 7) is -0.0286. The second-order valence-corrected chi connectivity index (χ2v) is 6.76. The third-order valence-electron chi connectivity index (χ3n) is 4.73. The number of terminal acetylenes is 2. The highest BCUT2D eigenvalue weighted by Crippen LogP contribution is 2.30. The van der Waals surface area contributed by atoms with Gasteiger partial charge in [0, 0.05) is 11.1 Å². The summed E-state index contributed by atoms with van der Waals surface area (Å²) in [5, 5.41) is 2.54. The molecule has 0 aliphatic heterocycles. The lowest BCUT2D eigenvalue weighted by Crippen LogP contribution is -2.18. The first-order valence-corrected chi connectivity index (χ1v) is 9.63. The zero-order valence-electron chi connectivity index (χ0n) is 16.7. The van der Waals surface area contributed by atoms with E-state index >= 15 is 0 Å². The van der Waals surface area contributed by atoms with Gasteiger partial charge in [0.2, 0.25) is 0 Å². The average molecular weight is 417 g/mol. The maximum atomic E-state index is 14.7. The monoisotopic (exact) mass is 417 g/mol. The van der Waals surface area contributed by atoms with E-state index in [4.69, 9.17) is 22.3 Å². The number of hydrogen-bond acceptors (Lipinski definition) is 4. The van der Waals surface area contributed by atoms with Gasteiger partial charge >= 0.3 is 5.97 Å². The molecule has 0 atom stereocenters. The van der Waals surface area contributed by atoms with Gasteiger partial charge in [0.15, 0.2) is 6.61 Å². The standard InChI is InChI=1S/C25H20FNO4/c1-3-13-30-19-8-5-7-17(15-19)18-11-12-23(22(26)16-18)27-24(28)20-9-6-10-21(20)25(29)31-14-4-2/h1-2,5,7-8,11-12,15-16H,6,9-10,13-14H2,(H,27,28). The van der Waals surface area contributed by atoms with Crippen LogP contribution in [-0.2, 0) is 14.3 Å².